The molecule has 0 atom stereocenters. The maximum Gasteiger partial charge on any atom is 0 e. The van der Waals surface area contributed by atoms with E-state index in [-0.39, 0.29) is 55.1 Å². The van der Waals surface area contributed by atoms with Crippen molar-refractivity contribution in [2.24, 2.45) is 0 Å². The monoisotopic (exact) mass is 172 g/mol. The van der Waals surface area contributed by atoms with E-state index >= 15 is 0 Å². The van der Waals surface area contributed by atoms with E-state index in [4.69, 9.17) is 0 Å². The van der Waals surface area contributed by atoms with Gasteiger partial charge in [0.05, 0.1) is 0 Å². The van der Waals surface area contributed by atoms with Crippen LogP contribution in [0.15, 0.2) is 0 Å². The zero-order chi connectivity index (χ0) is 0. The SMILES string of the molecule is N.[Cl-].[Fe].[Zn]. The summed E-state index contributed by atoms with van der Waals surface area (Å²) in [4.78, 5) is 0. The predicted octanol–water partition coefficient (Wildman–Crippen LogP) is -2.84. The van der Waals surface area contributed by atoms with Crippen LogP contribution in [-0.4, -0.2) is 0 Å². The smallest absolute Gasteiger partial charge is 0 e. The molecule has 0 aliphatic carbocycles. The summed E-state index contributed by atoms with van der Waals surface area (Å²) in [5.41, 5.74) is 0. The van der Waals surface area contributed by atoms with Crippen molar-refractivity contribution in [2.75, 3.05) is 0 Å². The van der Waals surface area contributed by atoms with Gasteiger partial charge in [-0.05, 0) is 0 Å². The molecule has 0 radical (unpaired) electrons. The molecule has 0 rings (SSSR count). The molecule has 4 heteroatoms. The largest absolute Gasteiger partial charge is 1.00 e. The van der Waals surface area contributed by atoms with Crippen LogP contribution in [0.1, 0.15) is 0 Å². The van der Waals surface area contributed by atoms with Crippen LogP contribution < -0.4 is 18.6 Å². The molecule has 0 amide bonds. The van der Waals surface area contributed by atoms with Gasteiger partial charge in [-0.2, -0.15) is 0 Å². The third kappa shape index (κ3) is 10.0. The Morgan fingerprint density at radius 3 is 1.00 bits per heavy atom. The summed E-state index contributed by atoms with van der Waals surface area (Å²) in [6.07, 6.45) is 0. The molecule has 0 saturated heterocycles. The first-order chi connectivity index (χ1) is 0. The average Bonchev–Trinajstić information content (AvgIpc) is 0. The topological polar surface area (TPSA) is 35.0 Å². The van der Waals surface area contributed by atoms with E-state index in [0.29, 0.717) is 0 Å². The summed E-state index contributed by atoms with van der Waals surface area (Å²) in [6.45, 7) is 0. The van der Waals surface area contributed by atoms with Gasteiger partial charge in [0.1, 0.15) is 0 Å². The Hall–Kier alpha value is 1.39. The summed E-state index contributed by atoms with van der Waals surface area (Å²) in [5, 5.41) is 0. The van der Waals surface area contributed by atoms with Crippen LogP contribution >= 0.6 is 0 Å². The standard InChI is InChI=1S/ClH.Fe.H3N.Zn/h1H;;1H3;/p-1. The molecule has 0 aliphatic heterocycles. The molecule has 0 saturated carbocycles. The van der Waals surface area contributed by atoms with Crippen LogP contribution in [0.3, 0.4) is 0 Å². The Bertz CT molecular complexity index is 8.00. The predicted molar refractivity (Wildman–Crippen MR) is 5.02 cm³/mol. The van der Waals surface area contributed by atoms with E-state index < -0.39 is 0 Å². The third-order valence-corrected chi connectivity index (χ3v) is 0. The number of rotatable bonds is 0. The molecule has 0 heterocycles. The van der Waals surface area contributed by atoms with E-state index in [2.05, 4.69) is 0 Å². The second kappa shape index (κ2) is 26.1. The van der Waals surface area contributed by atoms with Crippen molar-refractivity contribution in [3.05, 3.63) is 0 Å². The van der Waals surface area contributed by atoms with E-state index in [9.17, 15) is 0 Å². The Kier molecular flexibility index (Phi) is 350. The van der Waals surface area contributed by atoms with E-state index in [1.807, 2.05) is 0 Å². The molecule has 1 nitrogen and oxygen atoms in total. The van der Waals surface area contributed by atoms with Gasteiger partial charge in [-0.1, -0.05) is 0 Å². The summed E-state index contributed by atoms with van der Waals surface area (Å²) in [7, 11) is 0. The first-order valence-electron chi connectivity index (χ1n) is 0. The minimum Gasteiger partial charge on any atom is -1.00 e. The van der Waals surface area contributed by atoms with Gasteiger partial charge in [0.25, 0.3) is 0 Å². The second-order valence-electron chi connectivity index (χ2n) is 0. The Morgan fingerprint density at radius 2 is 1.00 bits per heavy atom. The van der Waals surface area contributed by atoms with E-state index in [0.717, 1.165) is 0 Å². The first kappa shape index (κ1) is 53.6. The fraction of sp³-hybridized carbons (Fsp3) is 0. The van der Waals surface area contributed by atoms with Crippen LogP contribution in [0.2, 0.25) is 0 Å². The van der Waals surface area contributed by atoms with Gasteiger partial charge in [-0.15, -0.1) is 0 Å². The summed E-state index contributed by atoms with van der Waals surface area (Å²) in [6, 6.07) is 0. The Labute approximate surface area is 55.1 Å². The van der Waals surface area contributed by atoms with E-state index in [1.165, 1.54) is 0 Å². The zero-order valence-corrected chi connectivity index (χ0v) is 6.97. The van der Waals surface area contributed by atoms with Gasteiger partial charge in [0.15, 0.2) is 0 Å². The molecule has 0 aliphatic rings. The van der Waals surface area contributed by atoms with Crippen LogP contribution in [0.25, 0.3) is 0 Å². The van der Waals surface area contributed by atoms with Gasteiger partial charge >= 0.3 is 0 Å². The maximum absolute atomic E-state index is 0. The van der Waals surface area contributed by atoms with E-state index in [1.54, 1.807) is 0 Å². The number of hydrogen-bond donors (Lipinski definition) is 1. The van der Waals surface area contributed by atoms with Gasteiger partial charge in [0.2, 0.25) is 0 Å². The minimum atomic E-state index is 0. The van der Waals surface area contributed by atoms with Crippen molar-refractivity contribution in [1.82, 2.24) is 6.15 Å². The first-order valence-corrected chi connectivity index (χ1v) is 0. The van der Waals surface area contributed by atoms with Crippen LogP contribution in [0.5, 0.6) is 0 Å². The molecule has 0 spiro atoms. The molecule has 0 aromatic carbocycles. The van der Waals surface area contributed by atoms with Crippen LogP contribution in [-0.2, 0) is 36.5 Å². The van der Waals surface area contributed by atoms with Crippen LogP contribution in [0, 0.1) is 0 Å². The molecular formula is H3ClFeNZn-. The molecular weight excluding hydrogens is 171 g/mol. The quantitative estimate of drug-likeness (QED) is 0.394. The van der Waals surface area contributed by atoms with Crippen molar-refractivity contribution in [1.29, 1.82) is 0 Å². The minimum absolute atomic E-state index is 0. The summed E-state index contributed by atoms with van der Waals surface area (Å²) < 4.78 is 0. The molecule has 0 bridgehead atoms. The van der Waals surface area contributed by atoms with Crippen LogP contribution in [0.4, 0.5) is 0 Å². The van der Waals surface area contributed by atoms with Gasteiger partial charge in [-0.3, -0.25) is 0 Å². The van der Waals surface area contributed by atoms with Crippen molar-refractivity contribution < 1.29 is 49.0 Å². The molecule has 3 N–H and O–H groups in total. The number of hydrogen-bond acceptors (Lipinski definition) is 1. The van der Waals surface area contributed by atoms with Crippen molar-refractivity contribution in [2.45, 2.75) is 0 Å². The third-order valence-electron chi connectivity index (χ3n) is 0. The molecule has 0 unspecified atom stereocenters. The summed E-state index contributed by atoms with van der Waals surface area (Å²) >= 11 is 0. The van der Waals surface area contributed by atoms with Gasteiger partial charge in [-0.25, -0.2) is 0 Å². The Morgan fingerprint density at radius 1 is 1.00 bits per heavy atom. The fourth-order valence-corrected chi connectivity index (χ4v) is 0. The molecule has 0 fully saturated rings. The molecule has 26 valence electrons. The van der Waals surface area contributed by atoms with Crippen molar-refractivity contribution in [3.63, 3.8) is 0 Å². The van der Waals surface area contributed by atoms with Crippen molar-refractivity contribution in [3.8, 4) is 0 Å². The fourth-order valence-electron chi connectivity index (χ4n) is 0. The summed E-state index contributed by atoms with van der Waals surface area (Å²) in [5.74, 6) is 0. The zero-order valence-electron chi connectivity index (χ0n) is 2.15. The van der Waals surface area contributed by atoms with Gasteiger partial charge < -0.3 is 18.6 Å². The second-order valence-corrected chi connectivity index (χ2v) is 0. The molecule has 0 aromatic heterocycles. The molecule has 0 aromatic rings. The maximum atomic E-state index is 0. The number of halogens is 1. The van der Waals surface area contributed by atoms with Crippen molar-refractivity contribution >= 4 is 0 Å². The Balaban J connectivity index is 0. The average molecular weight is 174 g/mol. The normalized spacial score (nSPS) is 0. The molecule has 4 heavy (non-hydrogen) atoms. The van der Waals surface area contributed by atoms with Gasteiger partial charge in [0, 0.05) is 36.5 Å².